The maximum atomic E-state index is 2.64. The van der Waals surface area contributed by atoms with Crippen LogP contribution in [0.15, 0.2) is 21.6 Å². The summed E-state index contributed by atoms with van der Waals surface area (Å²) in [4.78, 5) is 0. The quantitative estimate of drug-likeness (QED) is 0.189. The van der Waals surface area contributed by atoms with E-state index in [0.29, 0.717) is 10.3 Å². The third-order valence-corrected chi connectivity index (χ3v) is 125. The summed E-state index contributed by atoms with van der Waals surface area (Å²) in [6.07, 6.45) is 8.73. The number of hydrogen-bond donors (Lipinski definition) is 0. The Balaban J connectivity index is 4.41. The van der Waals surface area contributed by atoms with Crippen molar-refractivity contribution in [3.05, 3.63) is 21.6 Å². The number of rotatable bonds is 9. The predicted molar refractivity (Wildman–Crippen MR) is 136 cm³/mol. The van der Waals surface area contributed by atoms with Crippen LogP contribution >= 0.6 is 7.92 Å². The Bertz CT molecular complexity index is 632. The average Bonchev–Trinajstić information content (AvgIpc) is 3.22. The van der Waals surface area contributed by atoms with E-state index in [1.807, 2.05) is 3.33 Å². The Morgan fingerprint density at radius 1 is 0.714 bits per heavy atom. The molecule has 0 aromatic carbocycles. The van der Waals surface area contributed by atoms with Gasteiger partial charge in [0.15, 0.2) is 0 Å². The molecule has 0 N–H and O–H groups in total. The van der Waals surface area contributed by atoms with Crippen molar-refractivity contribution >= 4 is 7.92 Å². The zero-order chi connectivity index (χ0) is 22.3. The Kier molecular flexibility index (Phi) is 5.72. The van der Waals surface area contributed by atoms with Crippen LogP contribution in [-0.2, 0) is 14.1 Å². The molecule has 1 rings (SSSR count). The van der Waals surface area contributed by atoms with Gasteiger partial charge in [0.25, 0.3) is 0 Å². The molecular formula is C26H55HfP. The molecule has 0 aromatic heterocycles. The molecule has 0 aliphatic heterocycles. The molecule has 0 nitrogen and oxygen atoms in total. The summed E-state index contributed by atoms with van der Waals surface area (Å²) in [5.74, 6) is 0. The summed E-state index contributed by atoms with van der Waals surface area (Å²) in [5.41, 5.74) is 0. The number of allylic oxidation sites excluding steroid dienone is 4. The second-order valence-electron chi connectivity index (χ2n) is 14.9. The van der Waals surface area contributed by atoms with E-state index >= 15 is 0 Å². The van der Waals surface area contributed by atoms with Gasteiger partial charge in [-0.25, -0.2) is 0 Å². The molecule has 0 bridgehead atoms. The molecular weight excluding hydrogens is 522 g/mol. The Morgan fingerprint density at radius 2 is 1.07 bits per heavy atom. The van der Waals surface area contributed by atoms with Gasteiger partial charge in [-0.15, -0.1) is 0 Å². The monoisotopic (exact) mass is 578 g/mol. The molecule has 0 aromatic rings. The second kappa shape index (κ2) is 5.97. The van der Waals surface area contributed by atoms with Gasteiger partial charge < -0.3 is 0 Å². The molecule has 0 heterocycles. The summed E-state index contributed by atoms with van der Waals surface area (Å²) in [6, 6.07) is 0. The Morgan fingerprint density at radius 3 is 1.29 bits per heavy atom. The fraction of sp³-hybridized carbons (Fsp3) is 0.846. The average molecular weight is 577 g/mol. The molecule has 0 spiro atoms. The Hall–Kier alpha value is 0.780. The molecule has 1 aliphatic carbocycles. The fourth-order valence-corrected chi connectivity index (χ4v) is 103. The SMILES string of the molecule is C[CH2][Hf]([CH2]C)([CH2]C)([CH2]C)([CH2]C)([CH2]C)([CH2]P(C(C)(C)C)C(C)(C)C)[C]1=CC=CC1. The summed E-state index contributed by atoms with van der Waals surface area (Å²) in [5, 5.41) is 0.740. The summed E-state index contributed by atoms with van der Waals surface area (Å²) in [6.45, 7) is 31.1. The third-order valence-electron chi connectivity index (χ3n) is 14.9. The topological polar surface area (TPSA) is 0 Å². The minimum atomic E-state index is -4.96. The number of hydrogen-bond acceptors (Lipinski definition) is 0. The first-order valence-corrected chi connectivity index (χ1v) is 33.6. The second-order valence-corrected chi connectivity index (χ2v) is 86.3. The van der Waals surface area contributed by atoms with E-state index in [1.54, 1.807) is 0 Å². The van der Waals surface area contributed by atoms with Crippen molar-refractivity contribution < 1.29 is 14.1 Å². The molecule has 1 aliphatic rings. The van der Waals surface area contributed by atoms with Gasteiger partial charge >= 0.3 is 172 Å². The van der Waals surface area contributed by atoms with Gasteiger partial charge in [-0.2, -0.15) is 0 Å². The first-order valence-electron chi connectivity index (χ1n) is 12.4. The van der Waals surface area contributed by atoms with E-state index in [9.17, 15) is 0 Å². The summed E-state index contributed by atoms with van der Waals surface area (Å²) < 4.78 is 12.0. The first kappa shape index (κ1) is 26.8. The van der Waals surface area contributed by atoms with Crippen LogP contribution in [0.25, 0.3) is 0 Å². The van der Waals surface area contributed by atoms with E-state index in [0.717, 1.165) is 0 Å². The van der Waals surface area contributed by atoms with Crippen LogP contribution in [0, 0.1) is 0 Å². The van der Waals surface area contributed by atoms with E-state index in [1.165, 1.54) is 35.4 Å². The van der Waals surface area contributed by atoms with Crippen LogP contribution < -0.4 is 0 Å². The molecule has 0 amide bonds. The van der Waals surface area contributed by atoms with Crippen LogP contribution in [-0.4, -0.2) is 14.2 Å². The van der Waals surface area contributed by atoms with Gasteiger partial charge in [-0.05, 0) is 0 Å². The zero-order valence-electron chi connectivity index (χ0n) is 21.8. The van der Waals surface area contributed by atoms with Crippen molar-refractivity contribution in [2.75, 3.05) is 3.92 Å². The van der Waals surface area contributed by atoms with Gasteiger partial charge in [0.05, 0.1) is 0 Å². The minimum absolute atomic E-state index is 0.163. The fourth-order valence-electron chi connectivity index (χ4n) is 9.48. The van der Waals surface area contributed by atoms with E-state index in [2.05, 4.69) is 101 Å². The molecule has 28 heavy (non-hydrogen) atoms. The predicted octanol–water partition coefficient (Wildman–Crippen LogP) is 10.8. The third kappa shape index (κ3) is 2.48. The molecule has 168 valence electrons. The molecule has 0 saturated heterocycles. The standard InChI is InChI=1S/C9H20P.C5H5.6C2H5.Hf/c1-8(2,3)10(7)9(4,5)6;1-2-4-5-3-1;6*1-2;/h7H2,1-6H3;1-3H,4H2;6*1H2,2H3;. The summed E-state index contributed by atoms with van der Waals surface area (Å²) in [7, 11) is -0.163. The van der Waals surface area contributed by atoms with Gasteiger partial charge in [-0.1, -0.05) is 0 Å². The van der Waals surface area contributed by atoms with E-state index in [4.69, 9.17) is 0 Å². The Labute approximate surface area is 171 Å². The van der Waals surface area contributed by atoms with E-state index in [-0.39, 0.29) is 7.92 Å². The van der Waals surface area contributed by atoms with E-state index < -0.39 is 14.1 Å². The zero-order valence-corrected chi connectivity index (χ0v) is 26.3. The van der Waals surface area contributed by atoms with Crippen molar-refractivity contribution in [1.29, 1.82) is 0 Å². The van der Waals surface area contributed by atoms with Crippen LogP contribution in [0.3, 0.4) is 0 Å². The van der Waals surface area contributed by atoms with Crippen LogP contribution in [0.5, 0.6) is 0 Å². The molecule has 0 unspecified atom stereocenters. The van der Waals surface area contributed by atoms with Crippen LogP contribution in [0.1, 0.15) is 89.5 Å². The van der Waals surface area contributed by atoms with Crippen molar-refractivity contribution in [2.24, 2.45) is 0 Å². The summed E-state index contributed by atoms with van der Waals surface area (Å²) >= 11 is -4.96. The van der Waals surface area contributed by atoms with Gasteiger partial charge in [0, 0.05) is 0 Å². The molecule has 2 heteroatoms. The molecule has 0 atom stereocenters. The van der Waals surface area contributed by atoms with Crippen molar-refractivity contribution in [1.82, 2.24) is 0 Å². The maximum absolute atomic E-state index is 4.96. The van der Waals surface area contributed by atoms with Crippen LogP contribution in [0.2, 0.25) is 25.1 Å². The molecule has 0 fully saturated rings. The first-order chi connectivity index (χ1) is 12.5. The van der Waals surface area contributed by atoms with Gasteiger partial charge in [0.2, 0.25) is 0 Å². The van der Waals surface area contributed by atoms with Crippen molar-refractivity contribution in [2.45, 2.75) is 125 Å². The van der Waals surface area contributed by atoms with Crippen molar-refractivity contribution in [3.63, 3.8) is 0 Å². The molecule has 0 radical (unpaired) electrons. The van der Waals surface area contributed by atoms with Crippen LogP contribution in [0.4, 0.5) is 0 Å². The molecule has 0 saturated carbocycles. The van der Waals surface area contributed by atoms with Crippen molar-refractivity contribution in [3.8, 4) is 0 Å². The van der Waals surface area contributed by atoms with Gasteiger partial charge in [-0.3, -0.25) is 0 Å². The normalized spacial score (nSPS) is 21.7. The van der Waals surface area contributed by atoms with Gasteiger partial charge in [0.1, 0.15) is 0 Å².